The predicted molar refractivity (Wildman–Crippen MR) is 112 cm³/mol. The fraction of sp³-hybridized carbons (Fsp3) is 0.522. The number of rotatable bonds is 7. The van der Waals surface area contributed by atoms with Crippen LogP contribution >= 0.6 is 0 Å². The van der Waals surface area contributed by atoms with Crippen LogP contribution in [0.25, 0.3) is 10.8 Å². The van der Waals surface area contributed by atoms with E-state index in [9.17, 15) is 15.0 Å². The number of aliphatic hydroxyl groups excluding tert-OH is 2. The van der Waals surface area contributed by atoms with Crippen molar-refractivity contribution in [1.29, 1.82) is 0 Å². The van der Waals surface area contributed by atoms with Gasteiger partial charge < -0.3 is 20.3 Å². The van der Waals surface area contributed by atoms with Gasteiger partial charge in [0.05, 0.1) is 12.1 Å². The summed E-state index contributed by atoms with van der Waals surface area (Å²) in [5.41, 5.74) is 0.328. The molecule has 3 atom stereocenters. The lowest BCUT2D eigenvalue weighted by Crippen LogP contribution is -2.51. The van der Waals surface area contributed by atoms with Crippen molar-refractivity contribution in [2.24, 2.45) is 5.92 Å². The number of alkyl carbamates (subject to hydrolysis) is 1. The number of fused-ring (bicyclic) bond motifs is 1. The summed E-state index contributed by atoms with van der Waals surface area (Å²) in [5, 5.41) is 26.1. The van der Waals surface area contributed by atoms with Gasteiger partial charge in [-0.3, -0.25) is 0 Å². The molecule has 0 heterocycles. The fourth-order valence-electron chi connectivity index (χ4n) is 3.23. The first-order chi connectivity index (χ1) is 13.0. The van der Waals surface area contributed by atoms with Gasteiger partial charge in [-0.15, -0.1) is 0 Å². The van der Waals surface area contributed by atoms with E-state index < -0.39 is 29.9 Å². The minimum absolute atomic E-state index is 0.229. The number of aliphatic hydroxyl groups is 2. The molecule has 0 spiro atoms. The van der Waals surface area contributed by atoms with Crippen LogP contribution in [-0.2, 0) is 11.2 Å². The molecule has 2 unspecified atom stereocenters. The second-order valence-electron chi connectivity index (χ2n) is 8.83. The molecule has 0 aliphatic rings. The Kier molecular flexibility index (Phi) is 7.44. The van der Waals surface area contributed by atoms with Crippen LogP contribution in [0.15, 0.2) is 42.5 Å². The molecule has 1 amide bonds. The molecule has 3 N–H and O–H groups in total. The van der Waals surface area contributed by atoms with Crippen molar-refractivity contribution in [3.63, 3.8) is 0 Å². The van der Waals surface area contributed by atoms with Gasteiger partial charge in [-0.05, 0) is 55.9 Å². The lowest BCUT2D eigenvalue weighted by molar-refractivity contribution is -0.0177. The van der Waals surface area contributed by atoms with Crippen molar-refractivity contribution in [1.82, 2.24) is 5.32 Å². The SMILES string of the molecule is CC(C)CC(O)C(O)[C@H](Cc1ccc2ccccc2c1)NC(=O)OC(C)(C)C. The maximum atomic E-state index is 12.3. The van der Waals surface area contributed by atoms with Gasteiger partial charge in [0.2, 0.25) is 0 Å². The molecule has 0 aliphatic heterocycles. The van der Waals surface area contributed by atoms with E-state index in [1.807, 2.05) is 56.3 Å². The van der Waals surface area contributed by atoms with E-state index in [0.29, 0.717) is 12.8 Å². The lowest BCUT2D eigenvalue weighted by atomic mass is 9.92. The van der Waals surface area contributed by atoms with Gasteiger partial charge in [0.1, 0.15) is 11.7 Å². The molecule has 2 aromatic rings. The quantitative estimate of drug-likeness (QED) is 0.670. The highest BCUT2D eigenvalue weighted by Gasteiger charge is 2.30. The Hall–Kier alpha value is -2.11. The predicted octanol–water partition coefficient (Wildman–Crippen LogP) is 4.04. The standard InChI is InChI=1S/C23H33NO4/c1-15(2)12-20(25)21(26)19(24-22(27)28-23(3,4)5)14-16-10-11-17-8-6-7-9-18(17)13-16/h6-11,13,15,19-21,25-26H,12,14H2,1-5H3,(H,24,27)/t19-,20?,21?/m0/s1. The van der Waals surface area contributed by atoms with Crippen LogP contribution in [0.3, 0.4) is 0 Å². The molecule has 0 saturated heterocycles. The molecule has 5 nitrogen and oxygen atoms in total. The van der Waals surface area contributed by atoms with Gasteiger partial charge in [0, 0.05) is 0 Å². The highest BCUT2D eigenvalue weighted by atomic mass is 16.6. The highest BCUT2D eigenvalue weighted by Crippen LogP contribution is 2.19. The summed E-state index contributed by atoms with van der Waals surface area (Å²) in [5.74, 6) is 0.229. The van der Waals surface area contributed by atoms with Crippen LogP contribution in [0, 0.1) is 5.92 Å². The van der Waals surface area contributed by atoms with Crippen molar-refractivity contribution in [2.45, 2.75) is 71.3 Å². The third-order valence-electron chi connectivity index (χ3n) is 4.49. The lowest BCUT2D eigenvalue weighted by Gasteiger charge is -2.30. The summed E-state index contributed by atoms with van der Waals surface area (Å²) in [6, 6.07) is 13.4. The molecule has 0 bridgehead atoms. The molecule has 0 fully saturated rings. The molecule has 0 aromatic heterocycles. The summed E-state index contributed by atoms with van der Waals surface area (Å²) in [6.07, 6.45) is -1.79. The first kappa shape index (κ1) is 22.2. The van der Waals surface area contributed by atoms with Crippen LogP contribution in [0.5, 0.6) is 0 Å². The zero-order chi connectivity index (χ0) is 20.9. The summed E-state index contributed by atoms with van der Waals surface area (Å²) >= 11 is 0. The van der Waals surface area contributed by atoms with Crippen molar-refractivity contribution in [3.05, 3.63) is 48.0 Å². The summed E-state index contributed by atoms with van der Waals surface area (Å²) in [7, 11) is 0. The first-order valence-corrected chi connectivity index (χ1v) is 9.88. The average Bonchev–Trinajstić information content (AvgIpc) is 2.58. The normalized spacial score (nSPS) is 15.3. The van der Waals surface area contributed by atoms with Crippen LogP contribution in [-0.4, -0.2) is 40.2 Å². The van der Waals surface area contributed by atoms with Crippen molar-refractivity contribution in [3.8, 4) is 0 Å². The van der Waals surface area contributed by atoms with Crippen LogP contribution in [0.2, 0.25) is 0 Å². The van der Waals surface area contributed by atoms with Gasteiger partial charge in [-0.2, -0.15) is 0 Å². The Bertz CT molecular complexity index is 782. The molecule has 2 aromatic carbocycles. The molecule has 154 valence electrons. The number of amides is 1. The molecule has 2 rings (SSSR count). The van der Waals surface area contributed by atoms with E-state index >= 15 is 0 Å². The Balaban J connectivity index is 2.21. The van der Waals surface area contributed by atoms with Crippen LogP contribution in [0.1, 0.15) is 46.6 Å². The van der Waals surface area contributed by atoms with Gasteiger partial charge in [0.15, 0.2) is 0 Å². The number of ether oxygens (including phenoxy) is 1. The van der Waals surface area contributed by atoms with Gasteiger partial charge in [-0.1, -0.05) is 56.3 Å². The van der Waals surface area contributed by atoms with Crippen molar-refractivity contribution < 1.29 is 19.7 Å². The molecule has 28 heavy (non-hydrogen) atoms. The van der Waals surface area contributed by atoms with Gasteiger partial charge in [0.25, 0.3) is 0 Å². The van der Waals surface area contributed by atoms with E-state index in [2.05, 4.69) is 5.32 Å². The van der Waals surface area contributed by atoms with Gasteiger partial charge in [-0.25, -0.2) is 4.79 Å². The molecule has 0 saturated carbocycles. The second-order valence-corrected chi connectivity index (χ2v) is 8.83. The maximum absolute atomic E-state index is 12.3. The smallest absolute Gasteiger partial charge is 0.407 e. The topological polar surface area (TPSA) is 78.8 Å². The largest absolute Gasteiger partial charge is 0.444 e. The number of carbonyl (C=O) groups excluding carboxylic acids is 1. The zero-order valence-corrected chi connectivity index (χ0v) is 17.5. The molecule has 0 aliphatic carbocycles. The number of hydrogen-bond donors (Lipinski definition) is 3. The Labute approximate surface area is 167 Å². The fourth-order valence-corrected chi connectivity index (χ4v) is 3.23. The molecule has 5 heteroatoms. The number of carbonyl (C=O) groups is 1. The van der Waals surface area contributed by atoms with Gasteiger partial charge >= 0.3 is 6.09 Å². The molecule has 0 radical (unpaired) electrons. The van der Waals surface area contributed by atoms with Crippen LogP contribution < -0.4 is 5.32 Å². The van der Waals surface area contributed by atoms with E-state index in [0.717, 1.165) is 16.3 Å². The first-order valence-electron chi connectivity index (χ1n) is 9.88. The molecular formula is C23H33NO4. The number of benzene rings is 2. The maximum Gasteiger partial charge on any atom is 0.407 e. The highest BCUT2D eigenvalue weighted by molar-refractivity contribution is 5.83. The van der Waals surface area contributed by atoms with E-state index in [1.165, 1.54) is 0 Å². The second kappa shape index (κ2) is 9.39. The third-order valence-corrected chi connectivity index (χ3v) is 4.49. The summed E-state index contributed by atoms with van der Waals surface area (Å²) < 4.78 is 5.34. The Morgan fingerprint density at radius 2 is 1.71 bits per heavy atom. The molecular weight excluding hydrogens is 354 g/mol. The van der Waals surface area contributed by atoms with Crippen molar-refractivity contribution >= 4 is 16.9 Å². The average molecular weight is 388 g/mol. The minimum Gasteiger partial charge on any atom is -0.444 e. The van der Waals surface area contributed by atoms with Crippen molar-refractivity contribution in [2.75, 3.05) is 0 Å². The Morgan fingerprint density at radius 3 is 2.32 bits per heavy atom. The van der Waals surface area contributed by atoms with E-state index in [-0.39, 0.29) is 5.92 Å². The van der Waals surface area contributed by atoms with Crippen LogP contribution in [0.4, 0.5) is 4.79 Å². The number of hydrogen-bond acceptors (Lipinski definition) is 4. The number of nitrogens with one attached hydrogen (secondary N) is 1. The minimum atomic E-state index is -1.10. The zero-order valence-electron chi connectivity index (χ0n) is 17.5. The summed E-state index contributed by atoms with van der Waals surface area (Å²) in [4.78, 5) is 12.3. The van der Waals surface area contributed by atoms with E-state index in [1.54, 1.807) is 20.8 Å². The Morgan fingerprint density at radius 1 is 1.07 bits per heavy atom. The third kappa shape index (κ3) is 6.80. The summed E-state index contributed by atoms with van der Waals surface area (Å²) in [6.45, 7) is 9.32. The monoisotopic (exact) mass is 387 g/mol. The van der Waals surface area contributed by atoms with E-state index in [4.69, 9.17) is 4.74 Å².